The molecule has 3 rings (SSSR count). The van der Waals surface area contributed by atoms with Gasteiger partial charge in [-0.25, -0.2) is 0 Å². The van der Waals surface area contributed by atoms with Crippen LogP contribution in [0, 0.1) is 5.92 Å². The lowest BCUT2D eigenvalue weighted by Crippen LogP contribution is -2.39. The first-order chi connectivity index (χ1) is 12.2. The molecule has 1 N–H and O–H groups in total. The Morgan fingerprint density at radius 1 is 1.40 bits per heavy atom. The van der Waals surface area contributed by atoms with E-state index in [0.717, 1.165) is 44.5 Å². The Hall–Kier alpha value is -2.41. The Labute approximate surface area is 147 Å². The van der Waals surface area contributed by atoms with Crippen molar-refractivity contribution in [3.63, 3.8) is 0 Å². The maximum atomic E-state index is 12.6. The van der Waals surface area contributed by atoms with Crippen LogP contribution < -0.4 is 10.1 Å². The molecule has 2 aromatic rings. The molecule has 1 saturated heterocycles. The lowest BCUT2D eigenvalue weighted by atomic mass is 9.93. The number of aromatic nitrogens is 2. The van der Waals surface area contributed by atoms with Gasteiger partial charge in [0.2, 0.25) is 0 Å². The monoisotopic (exact) mass is 344 g/mol. The minimum Gasteiger partial charge on any atom is -0.497 e. The van der Waals surface area contributed by atoms with E-state index in [1.165, 1.54) is 0 Å². The van der Waals surface area contributed by atoms with E-state index in [9.17, 15) is 4.79 Å². The molecule has 134 valence electrons. The highest BCUT2D eigenvalue weighted by Gasteiger charge is 2.26. The molecule has 0 radical (unpaired) electrons. The van der Waals surface area contributed by atoms with Gasteiger partial charge in [-0.2, -0.15) is 4.98 Å². The van der Waals surface area contributed by atoms with Crippen LogP contribution >= 0.6 is 0 Å². The molecule has 1 aliphatic rings. The van der Waals surface area contributed by atoms with E-state index >= 15 is 0 Å². The van der Waals surface area contributed by atoms with Crippen LogP contribution in [0.3, 0.4) is 0 Å². The Morgan fingerprint density at radius 3 is 2.92 bits per heavy atom. The summed E-state index contributed by atoms with van der Waals surface area (Å²) in [5, 5.41) is 7.04. The summed E-state index contributed by atoms with van der Waals surface area (Å²) < 4.78 is 10.5. The number of benzene rings is 1. The molecule has 1 aromatic heterocycles. The van der Waals surface area contributed by atoms with Crippen LogP contribution in [-0.4, -0.2) is 54.7 Å². The van der Waals surface area contributed by atoms with Gasteiger partial charge in [0.1, 0.15) is 5.75 Å². The summed E-state index contributed by atoms with van der Waals surface area (Å²) in [5.41, 5.74) is 0.733. The zero-order valence-electron chi connectivity index (χ0n) is 14.7. The number of nitrogens with zero attached hydrogens (tertiary/aromatic N) is 3. The number of carbonyl (C=O) groups is 1. The van der Waals surface area contributed by atoms with Gasteiger partial charge in [-0.1, -0.05) is 11.2 Å². The Morgan fingerprint density at radius 2 is 2.20 bits per heavy atom. The van der Waals surface area contributed by atoms with Crippen molar-refractivity contribution in [1.82, 2.24) is 20.4 Å². The number of rotatable bonds is 6. The van der Waals surface area contributed by atoms with Gasteiger partial charge < -0.3 is 19.5 Å². The summed E-state index contributed by atoms with van der Waals surface area (Å²) in [4.78, 5) is 18.7. The van der Waals surface area contributed by atoms with Crippen LogP contribution in [0.2, 0.25) is 0 Å². The third-order valence-electron chi connectivity index (χ3n) is 4.64. The molecule has 0 unspecified atom stereocenters. The van der Waals surface area contributed by atoms with Gasteiger partial charge in [-0.15, -0.1) is 0 Å². The van der Waals surface area contributed by atoms with Crippen molar-refractivity contribution in [3.8, 4) is 17.2 Å². The SMILES string of the molecule is CNCCC1CCN(C(=O)c2noc(-c3cccc(OC)c3)n2)CC1. The number of amides is 1. The molecule has 0 atom stereocenters. The van der Waals surface area contributed by atoms with E-state index < -0.39 is 0 Å². The minimum atomic E-state index is -0.162. The molecule has 0 spiro atoms. The van der Waals surface area contributed by atoms with Crippen LogP contribution in [-0.2, 0) is 0 Å². The first-order valence-electron chi connectivity index (χ1n) is 8.63. The van der Waals surface area contributed by atoms with Crippen molar-refractivity contribution in [2.24, 2.45) is 5.92 Å². The van der Waals surface area contributed by atoms with Crippen LogP contribution in [0.4, 0.5) is 0 Å². The van der Waals surface area contributed by atoms with Gasteiger partial charge in [-0.3, -0.25) is 4.79 Å². The predicted molar refractivity (Wildman–Crippen MR) is 93.5 cm³/mol. The predicted octanol–water partition coefficient (Wildman–Crippen LogP) is 2.21. The van der Waals surface area contributed by atoms with Gasteiger partial charge >= 0.3 is 0 Å². The maximum absolute atomic E-state index is 12.6. The van der Waals surface area contributed by atoms with E-state index in [-0.39, 0.29) is 11.7 Å². The van der Waals surface area contributed by atoms with Crippen LogP contribution in [0.1, 0.15) is 29.9 Å². The van der Waals surface area contributed by atoms with Crippen molar-refractivity contribution in [2.75, 3.05) is 33.8 Å². The number of piperidine rings is 1. The molecular weight excluding hydrogens is 320 g/mol. The lowest BCUT2D eigenvalue weighted by Gasteiger charge is -2.31. The number of ether oxygens (including phenoxy) is 1. The van der Waals surface area contributed by atoms with Crippen molar-refractivity contribution in [1.29, 1.82) is 0 Å². The molecule has 0 saturated carbocycles. The molecular formula is C18H24N4O3. The highest BCUT2D eigenvalue weighted by molar-refractivity contribution is 5.90. The summed E-state index contributed by atoms with van der Waals surface area (Å²) in [5.74, 6) is 1.66. The average molecular weight is 344 g/mol. The fraction of sp³-hybridized carbons (Fsp3) is 0.500. The van der Waals surface area contributed by atoms with Crippen molar-refractivity contribution >= 4 is 5.91 Å². The highest BCUT2D eigenvalue weighted by atomic mass is 16.5. The van der Waals surface area contributed by atoms with E-state index in [1.54, 1.807) is 13.2 Å². The quantitative estimate of drug-likeness (QED) is 0.865. The van der Waals surface area contributed by atoms with E-state index in [0.29, 0.717) is 17.6 Å². The Bertz CT molecular complexity index is 708. The van der Waals surface area contributed by atoms with Gasteiger partial charge in [-0.05, 0) is 57.0 Å². The van der Waals surface area contributed by atoms with Gasteiger partial charge in [0.25, 0.3) is 17.6 Å². The summed E-state index contributed by atoms with van der Waals surface area (Å²) in [7, 11) is 3.57. The summed E-state index contributed by atoms with van der Waals surface area (Å²) in [6.07, 6.45) is 3.20. The van der Waals surface area contributed by atoms with E-state index in [1.807, 2.05) is 30.1 Å². The topological polar surface area (TPSA) is 80.5 Å². The molecule has 1 aromatic carbocycles. The van der Waals surface area contributed by atoms with Crippen LogP contribution in [0.5, 0.6) is 5.75 Å². The molecule has 1 amide bonds. The normalized spacial score (nSPS) is 15.4. The maximum Gasteiger partial charge on any atom is 0.295 e. The zero-order valence-corrected chi connectivity index (χ0v) is 14.7. The highest BCUT2D eigenvalue weighted by Crippen LogP contribution is 2.24. The van der Waals surface area contributed by atoms with Crippen molar-refractivity contribution in [3.05, 3.63) is 30.1 Å². The molecule has 7 nitrogen and oxygen atoms in total. The summed E-state index contributed by atoms with van der Waals surface area (Å²) in [6, 6.07) is 7.33. The summed E-state index contributed by atoms with van der Waals surface area (Å²) >= 11 is 0. The second-order valence-corrected chi connectivity index (χ2v) is 6.28. The standard InChI is InChI=1S/C18H24N4O3/c1-19-9-6-13-7-10-22(11-8-13)18(23)16-20-17(25-21-16)14-4-3-5-15(12-14)24-2/h3-5,12-13,19H,6-11H2,1-2H3. The number of nitrogens with one attached hydrogen (secondary N) is 1. The number of hydrogen-bond acceptors (Lipinski definition) is 6. The summed E-state index contributed by atoms with van der Waals surface area (Å²) in [6.45, 7) is 2.51. The second-order valence-electron chi connectivity index (χ2n) is 6.28. The lowest BCUT2D eigenvalue weighted by molar-refractivity contribution is 0.0671. The van der Waals surface area contributed by atoms with Gasteiger partial charge in [0, 0.05) is 18.7 Å². The molecule has 1 aliphatic heterocycles. The fourth-order valence-corrected chi connectivity index (χ4v) is 3.10. The third-order valence-corrected chi connectivity index (χ3v) is 4.64. The van der Waals surface area contributed by atoms with Crippen molar-refractivity contribution in [2.45, 2.75) is 19.3 Å². The average Bonchev–Trinajstić information content (AvgIpc) is 3.16. The number of carbonyl (C=O) groups excluding carboxylic acids is 1. The first-order valence-corrected chi connectivity index (χ1v) is 8.63. The minimum absolute atomic E-state index is 0.117. The van der Waals surface area contributed by atoms with Crippen LogP contribution in [0.25, 0.3) is 11.5 Å². The zero-order chi connectivity index (χ0) is 17.6. The van der Waals surface area contributed by atoms with Gasteiger partial charge in [0.15, 0.2) is 0 Å². The number of methoxy groups -OCH3 is 1. The molecule has 0 aliphatic carbocycles. The molecule has 7 heteroatoms. The molecule has 0 bridgehead atoms. The Kier molecular flexibility index (Phi) is 5.65. The van der Waals surface area contributed by atoms with Gasteiger partial charge in [0.05, 0.1) is 7.11 Å². The van der Waals surface area contributed by atoms with E-state index in [2.05, 4.69) is 15.5 Å². The molecule has 2 heterocycles. The first kappa shape index (κ1) is 17.4. The second kappa shape index (κ2) is 8.11. The number of hydrogen-bond donors (Lipinski definition) is 1. The van der Waals surface area contributed by atoms with Crippen LogP contribution in [0.15, 0.2) is 28.8 Å². The molecule has 25 heavy (non-hydrogen) atoms. The fourth-order valence-electron chi connectivity index (χ4n) is 3.10. The molecule has 1 fully saturated rings. The third kappa shape index (κ3) is 4.17. The Balaban J connectivity index is 1.63. The smallest absolute Gasteiger partial charge is 0.295 e. The largest absolute Gasteiger partial charge is 0.497 e. The van der Waals surface area contributed by atoms with Crippen molar-refractivity contribution < 1.29 is 14.1 Å². The number of likely N-dealkylation sites (tertiary alicyclic amines) is 1. The van der Waals surface area contributed by atoms with E-state index in [4.69, 9.17) is 9.26 Å².